The van der Waals surface area contributed by atoms with Crippen LogP contribution in [0.4, 0.5) is 0 Å². The molecule has 1 aliphatic rings. The highest BCUT2D eigenvalue weighted by Crippen LogP contribution is 2.27. The molecule has 0 bridgehead atoms. The summed E-state index contributed by atoms with van der Waals surface area (Å²) in [6.45, 7) is 6.85. The predicted molar refractivity (Wildman–Crippen MR) is 40.7 cm³/mol. The topological polar surface area (TPSA) is 20.3 Å². The summed E-state index contributed by atoms with van der Waals surface area (Å²) in [5.41, 5.74) is 0.117. The van der Waals surface area contributed by atoms with Gasteiger partial charge in [-0.3, -0.25) is 4.79 Å². The van der Waals surface area contributed by atoms with Crippen LogP contribution in [0.3, 0.4) is 0 Å². The Labute approximate surface area is 62.2 Å². The molecule has 1 amide bonds. The summed E-state index contributed by atoms with van der Waals surface area (Å²) in [6, 6.07) is 0. The van der Waals surface area contributed by atoms with E-state index in [1.807, 2.05) is 4.90 Å². The third-order valence-electron chi connectivity index (χ3n) is 2.28. The van der Waals surface area contributed by atoms with Crippen LogP contribution in [0.1, 0.15) is 33.6 Å². The van der Waals surface area contributed by atoms with E-state index in [1.54, 1.807) is 6.92 Å². The molecule has 1 rings (SSSR count). The number of nitrogens with zero attached hydrogens (tertiary/aromatic N) is 1. The van der Waals surface area contributed by atoms with Gasteiger partial charge in [-0.05, 0) is 26.7 Å². The third-order valence-corrected chi connectivity index (χ3v) is 2.28. The fourth-order valence-corrected chi connectivity index (χ4v) is 1.69. The Morgan fingerprint density at radius 2 is 2.10 bits per heavy atom. The highest BCUT2D eigenvalue weighted by Gasteiger charge is 2.33. The van der Waals surface area contributed by atoms with Gasteiger partial charge in [-0.25, -0.2) is 0 Å². The second-order valence-corrected chi connectivity index (χ2v) is 3.59. The van der Waals surface area contributed by atoms with E-state index in [0.29, 0.717) is 0 Å². The molecule has 0 aromatic heterocycles. The Morgan fingerprint density at radius 1 is 1.50 bits per heavy atom. The van der Waals surface area contributed by atoms with Crippen molar-refractivity contribution in [1.29, 1.82) is 0 Å². The minimum atomic E-state index is 0.117. The summed E-state index contributed by atoms with van der Waals surface area (Å²) in [7, 11) is 0. The van der Waals surface area contributed by atoms with Crippen molar-refractivity contribution in [2.75, 3.05) is 6.54 Å². The molecule has 0 N–H and O–H groups in total. The molecule has 1 heterocycles. The second kappa shape index (κ2) is 2.26. The van der Waals surface area contributed by atoms with E-state index in [2.05, 4.69) is 13.8 Å². The first-order valence-corrected chi connectivity index (χ1v) is 3.82. The quantitative estimate of drug-likeness (QED) is 0.499. The van der Waals surface area contributed by atoms with Crippen molar-refractivity contribution in [3.63, 3.8) is 0 Å². The number of carbonyl (C=O) groups is 1. The average Bonchev–Trinajstić information content (AvgIpc) is 2.08. The summed E-state index contributed by atoms with van der Waals surface area (Å²) in [5, 5.41) is 0. The maximum Gasteiger partial charge on any atom is 0.219 e. The Hall–Kier alpha value is -0.530. The number of rotatable bonds is 0. The van der Waals surface area contributed by atoms with E-state index in [4.69, 9.17) is 0 Å². The zero-order valence-electron chi connectivity index (χ0n) is 6.98. The molecule has 0 aromatic rings. The molecule has 1 aliphatic heterocycles. The molecule has 0 saturated carbocycles. The van der Waals surface area contributed by atoms with Gasteiger partial charge in [0.05, 0.1) is 0 Å². The Balaban J connectivity index is 2.68. The summed E-state index contributed by atoms with van der Waals surface area (Å²) >= 11 is 0. The summed E-state index contributed by atoms with van der Waals surface area (Å²) in [4.78, 5) is 12.9. The van der Waals surface area contributed by atoms with Gasteiger partial charge in [0.15, 0.2) is 0 Å². The minimum absolute atomic E-state index is 0.117. The normalized spacial score (nSPS) is 23.3. The molecule has 1 saturated heterocycles. The van der Waals surface area contributed by atoms with Crippen LogP contribution in [0, 0.1) is 0 Å². The smallest absolute Gasteiger partial charge is 0.219 e. The predicted octanol–water partition coefficient (Wildman–Crippen LogP) is 1.41. The number of hydrogen-bond donors (Lipinski definition) is 0. The molecular weight excluding hydrogens is 126 g/mol. The first-order valence-electron chi connectivity index (χ1n) is 3.82. The van der Waals surface area contributed by atoms with E-state index in [0.717, 1.165) is 19.4 Å². The molecule has 0 unspecified atom stereocenters. The number of amides is 1. The lowest BCUT2D eigenvalue weighted by atomic mass is 10.0. The van der Waals surface area contributed by atoms with Gasteiger partial charge in [0.25, 0.3) is 0 Å². The fraction of sp³-hybridized carbons (Fsp3) is 0.875. The molecular formula is C8H15NO. The summed E-state index contributed by atoms with van der Waals surface area (Å²) in [6.07, 6.45) is 2.30. The van der Waals surface area contributed by atoms with Gasteiger partial charge in [0.1, 0.15) is 0 Å². The highest BCUT2D eigenvalue weighted by molar-refractivity contribution is 5.74. The standard InChI is InChI=1S/C8H15NO/c1-7(10)9-6-4-5-8(9,2)3/h4-6H2,1-3H3. The van der Waals surface area contributed by atoms with Crippen molar-refractivity contribution < 1.29 is 4.79 Å². The van der Waals surface area contributed by atoms with Gasteiger partial charge in [-0.1, -0.05) is 0 Å². The van der Waals surface area contributed by atoms with E-state index in [1.165, 1.54) is 0 Å². The molecule has 0 spiro atoms. The van der Waals surface area contributed by atoms with Gasteiger partial charge in [-0.2, -0.15) is 0 Å². The molecule has 2 nitrogen and oxygen atoms in total. The number of likely N-dealkylation sites (tertiary alicyclic amines) is 1. The monoisotopic (exact) mass is 141 g/mol. The van der Waals surface area contributed by atoms with Gasteiger partial charge >= 0.3 is 0 Å². The van der Waals surface area contributed by atoms with Crippen molar-refractivity contribution in [2.45, 2.75) is 39.2 Å². The Bertz CT molecular complexity index is 151. The van der Waals surface area contributed by atoms with Crippen LogP contribution in [-0.4, -0.2) is 22.9 Å². The summed E-state index contributed by atoms with van der Waals surface area (Å²) in [5.74, 6) is 0.211. The minimum Gasteiger partial charge on any atom is -0.338 e. The molecule has 0 atom stereocenters. The first kappa shape index (κ1) is 7.58. The first-order chi connectivity index (χ1) is 4.54. The van der Waals surface area contributed by atoms with E-state index >= 15 is 0 Å². The molecule has 58 valence electrons. The zero-order valence-corrected chi connectivity index (χ0v) is 6.98. The second-order valence-electron chi connectivity index (χ2n) is 3.59. The SMILES string of the molecule is CC(=O)N1CCCC1(C)C. The van der Waals surface area contributed by atoms with Crippen LogP contribution in [0.15, 0.2) is 0 Å². The van der Waals surface area contributed by atoms with Crippen LogP contribution in [0.5, 0.6) is 0 Å². The van der Waals surface area contributed by atoms with Crippen LogP contribution in [-0.2, 0) is 4.79 Å². The van der Waals surface area contributed by atoms with Crippen molar-refractivity contribution >= 4 is 5.91 Å². The van der Waals surface area contributed by atoms with Crippen LogP contribution >= 0.6 is 0 Å². The van der Waals surface area contributed by atoms with Gasteiger partial charge in [0, 0.05) is 19.0 Å². The number of hydrogen-bond acceptors (Lipinski definition) is 1. The highest BCUT2D eigenvalue weighted by atomic mass is 16.2. The molecule has 10 heavy (non-hydrogen) atoms. The van der Waals surface area contributed by atoms with Crippen molar-refractivity contribution in [3.05, 3.63) is 0 Å². The van der Waals surface area contributed by atoms with E-state index in [9.17, 15) is 4.79 Å². The number of carbonyl (C=O) groups excluding carboxylic acids is 1. The maximum atomic E-state index is 11.0. The van der Waals surface area contributed by atoms with Crippen molar-refractivity contribution in [1.82, 2.24) is 4.90 Å². The largest absolute Gasteiger partial charge is 0.338 e. The Kier molecular flexibility index (Phi) is 1.71. The molecule has 0 radical (unpaired) electrons. The zero-order chi connectivity index (χ0) is 7.78. The van der Waals surface area contributed by atoms with Gasteiger partial charge < -0.3 is 4.90 Å². The molecule has 2 heteroatoms. The summed E-state index contributed by atoms with van der Waals surface area (Å²) < 4.78 is 0. The lowest BCUT2D eigenvalue weighted by molar-refractivity contribution is -0.131. The van der Waals surface area contributed by atoms with Crippen LogP contribution < -0.4 is 0 Å². The lowest BCUT2D eigenvalue weighted by Gasteiger charge is -2.30. The van der Waals surface area contributed by atoms with Crippen LogP contribution in [0.2, 0.25) is 0 Å². The lowest BCUT2D eigenvalue weighted by Crippen LogP contribution is -2.41. The third kappa shape index (κ3) is 1.15. The fourth-order valence-electron chi connectivity index (χ4n) is 1.69. The molecule has 0 aromatic carbocycles. The van der Waals surface area contributed by atoms with Crippen molar-refractivity contribution in [2.24, 2.45) is 0 Å². The molecule has 0 aliphatic carbocycles. The Morgan fingerprint density at radius 3 is 2.30 bits per heavy atom. The molecule has 1 fully saturated rings. The average molecular weight is 141 g/mol. The van der Waals surface area contributed by atoms with Gasteiger partial charge in [-0.15, -0.1) is 0 Å². The van der Waals surface area contributed by atoms with E-state index in [-0.39, 0.29) is 11.4 Å². The van der Waals surface area contributed by atoms with Gasteiger partial charge in [0.2, 0.25) is 5.91 Å². The van der Waals surface area contributed by atoms with E-state index < -0.39 is 0 Å². The maximum absolute atomic E-state index is 11.0. The van der Waals surface area contributed by atoms with Crippen LogP contribution in [0.25, 0.3) is 0 Å². The van der Waals surface area contributed by atoms with Crippen molar-refractivity contribution in [3.8, 4) is 0 Å².